The zero-order valence-corrected chi connectivity index (χ0v) is 17.3. The minimum absolute atomic E-state index is 0.189. The van der Waals surface area contributed by atoms with Gasteiger partial charge in [0.25, 0.3) is 5.91 Å². The van der Waals surface area contributed by atoms with Gasteiger partial charge in [-0.1, -0.05) is 55.8 Å². The van der Waals surface area contributed by atoms with Crippen molar-refractivity contribution in [1.82, 2.24) is 5.32 Å². The van der Waals surface area contributed by atoms with Gasteiger partial charge in [0.1, 0.15) is 10.6 Å². The number of fused-ring (bicyclic) bond motifs is 1. The highest BCUT2D eigenvalue weighted by Crippen LogP contribution is 2.35. The summed E-state index contributed by atoms with van der Waals surface area (Å²) in [5.74, 6) is 0.752. The summed E-state index contributed by atoms with van der Waals surface area (Å²) in [6, 6.07) is 15.1. The van der Waals surface area contributed by atoms with Gasteiger partial charge in [-0.3, -0.25) is 10.1 Å². The molecule has 0 unspecified atom stereocenters. The number of nitrogens with one attached hydrogen (secondary N) is 2. The number of hydrogen-bond acceptors (Lipinski definition) is 4. The maximum Gasteiger partial charge on any atom is 0.269 e. The number of para-hydroxylation sites is 2. The first-order valence-electron chi connectivity index (χ1n) is 8.47. The lowest BCUT2D eigenvalue weighted by Gasteiger charge is -2.15. The molecule has 7 heteroatoms. The molecule has 1 amide bonds. The maximum absolute atomic E-state index is 12.6. The van der Waals surface area contributed by atoms with E-state index in [4.69, 9.17) is 28.6 Å². The normalized spacial score (nSPS) is 10.8. The van der Waals surface area contributed by atoms with Gasteiger partial charge in [0.15, 0.2) is 5.11 Å². The largest absolute Gasteiger partial charge is 0.491 e. The van der Waals surface area contributed by atoms with Crippen LogP contribution >= 0.6 is 35.2 Å². The number of rotatable bonds is 5. The Morgan fingerprint density at radius 1 is 1.19 bits per heavy atom. The third-order valence-corrected chi connectivity index (χ3v) is 5.55. The number of halogens is 1. The van der Waals surface area contributed by atoms with Crippen LogP contribution in [0.15, 0.2) is 48.5 Å². The van der Waals surface area contributed by atoms with Crippen molar-refractivity contribution < 1.29 is 9.53 Å². The predicted molar refractivity (Wildman–Crippen MR) is 117 cm³/mol. The molecular weight excluding hydrogens is 400 g/mol. The van der Waals surface area contributed by atoms with E-state index in [1.807, 2.05) is 48.5 Å². The van der Waals surface area contributed by atoms with Crippen LogP contribution in [0.2, 0.25) is 5.02 Å². The molecule has 0 atom stereocenters. The molecule has 1 heterocycles. The lowest BCUT2D eigenvalue weighted by molar-refractivity contribution is 0.0982. The van der Waals surface area contributed by atoms with E-state index < -0.39 is 0 Å². The second kappa shape index (κ2) is 8.69. The molecule has 140 valence electrons. The maximum atomic E-state index is 12.6. The quantitative estimate of drug-likeness (QED) is 0.520. The van der Waals surface area contributed by atoms with E-state index in [-0.39, 0.29) is 11.0 Å². The third kappa shape index (κ3) is 4.77. The van der Waals surface area contributed by atoms with Gasteiger partial charge in [-0.05, 0) is 36.3 Å². The molecule has 4 nitrogen and oxygen atoms in total. The third-order valence-electron chi connectivity index (χ3n) is 3.68. The van der Waals surface area contributed by atoms with Gasteiger partial charge in [0, 0.05) is 10.1 Å². The van der Waals surface area contributed by atoms with Crippen LogP contribution in [0.5, 0.6) is 5.75 Å². The molecule has 3 rings (SSSR count). The van der Waals surface area contributed by atoms with Crippen molar-refractivity contribution in [3.8, 4) is 5.75 Å². The van der Waals surface area contributed by atoms with Crippen LogP contribution in [0.25, 0.3) is 10.1 Å². The number of carbonyl (C=O) groups excluding carboxylic acids is 1. The number of thiophene rings is 1. The Morgan fingerprint density at radius 2 is 1.89 bits per heavy atom. The lowest BCUT2D eigenvalue weighted by atomic mass is 10.2. The van der Waals surface area contributed by atoms with E-state index >= 15 is 0 Å². The van der Waals surface area contributed by atoms with Crippen LogP contribution < -0.4 is 15.4 Å². The van der Waals surface area contributed by atoms with Crippen LogP contribution in [0.4, 0.5) is 5.69 Å². The summed E-state index contributed by atoms with van der Waals surface area (Å²) in [5, 5.41) is 7.21. The first-order valence-corrected chi connectivity index (χ1v) is 10.1. The summed E-state index contributed by atoms with van der Waals surface area (Å²) in [5.41, 5.74) is 0.700. The van der Waals surface area contributed by atoms with E-state index in [9.17, 15) is 4.79 Å². The molecule has 0 saturated heterocycles. The highest BCUT2D eigenvalue weighted by atomic mass is 35.5. The van der Waals surface area contributed by atoms with Crippen molar-refractivity contribution in [2.75, 3.05) is 11.9 Å². The van der Waals surface area contributed by atoms with E-state index in [1.54, 1.807) is 0 Å². The van der Waals surface area contributed by atoms with Gasteiger partial charge < -0.3 is 10.1 Å². The zero-order valence-electron chi connectivity index (χ0n) is 14.9. The Morgan fingerprint density at radius 3 is 2.63 bits per heavy atom. The summed E-state index contributed by atoms with van der Waals surface area (Å²) in [7, 11) is 0. The van der Waals surface area contributed by atoms with Crippen LogP contribution in [-0.2, 0) is 0 Å². The second-order valence-corrected chi connectivity index (χ2v) is 8.19. The first-order chi connectivity index (χ1) is 13.0. The number of ether oxygens (including phenoxy) is 1. The highest BCUT2D eigenvalue weighted by molar-refractivity contribution is 7.80. The average molecular weight is 419 g/mol. The molecule has 2 N–H and O–H groups in total. The SMILES string of the molecule is CC(C)COc1ccccc1NC(=S)NC(=O)c1sc2ccccc2c1Cl. The van der Waals surface area contributed by atoms with Crippen molar-refractivity contribution in [2.45, 2.75) is 13.8 Å². The van der Waals surface area contributed by atoms with E-state index in [2.05, 4.69) is 24.5 Å². The van der Waals surface area contributed by atoms with Crippen LogP contribution in [0.1, 0.15) is 23.5 Å². The Kier molecular flexibility index (Phi) is 6.31. The van der Waals surface area contributed by atoms with Crippen molar-refractivity contribution in [2.24, 2.45) is 5.92 Å². The number of amides is 1. The molecule has 27 heavy (non-hydrogen) atoms. The Hall–Kier alpha value is -2.15. The van der Waals surface area contributed by atoms with Gasteiger partial charge in [-0.25, -0.2) is 0 Å². The molecule has 0 bridgehead atoms. The van der Waals surface area contributed by atoms with Gasteiger partial charge in [-0.2, -0.15) is 0 Å². The zero-order chi connectivity index (χ0) is 19.4. The Labute approximate surface area is 172 Å². The minimum Gasteiger partial charge on any atom is -0.491 e. The monoisotopic (exact) mass is 418 g/mol. The molecule has 0 aliphatic rings. The molecule has 0 saturated carbocycles. The molecule has 0 aliphatic heterocycles. The second-order valence-electron chi connectivity index (χ2n) is 6.35. The topological polar surface area (TPSA) is 50.4 Å². The summed E-state index contributed by atoms with van der Waals surface area (Å²) < 4.78 is 6.75. The smallest absolute Gasteiger partial charge is 0.269 e. The van der Waals surface area contributed by atoms with E-state index in [0.29, 0.717) is 33.9 Å². The van der Waals surface area contributed by atoms with Gasteiger partial charge in [-0.15, -0.1) is 11.3 Å². The van der Waals surface area contributed by atoms with Crippen LogP contribution in [0.3, 0.4) is 0 Å². The molecule has 0 radical (unpaired) electrons. The molecule has 3 aromatic rings. The standard InChI is InChI=1S/C20H19ClN2O2S2/c1-12(2)11-25-15-9-5-4-8-14(15)22-20(26)23-19(24)18-17(21)13-7-3-6-10-16(13)27-18/h3-10,12H,11H2,1-2H3,(H2,22,23,24,26). The fourth-order valence-corrected chi connectivity index (χ4v) is 4.04. The van der Waals surface area contributed by atoms with E-state index in [0.717, 1.165) is 10.1 Å². The molecule has 0 aliphatic carbocycles. The molecule has 1 aromatic heterocycles. The van der Waals surface area contributed by atoms with Crippen molar-refractivity contribution in [3.05, 3.63) is 58.4 Å². The number of benzene rings is 2. The number of carbonyl (C=O) groups is 1. The van der Waals surface area contributed by atoms with Gasteiger partial charge >= 0.3 is 0 Å². The Bertz CT molecular complexity index is 985. The fourth-order valence-electron chi connectivity index (χ4n) is 2.43. The number of anilines is 1. The summed E-state index contributed by atoms with van der Waals surface area (Å²) in [6.07, 6.45) is 0. The summed E-state index contributed by atoms with van der Waals surface area (Å²) >= 11 is 13.0. The fraction of sp³-hybridized carbons (Fsp3) is 0.200. The molecule has 2 aromatic carbocycles. The Balaban J connectivity index is 1.70. The van der Waals surface area contributed by atoms with Crippen LogP contribution in [0, 0.1) is 5.92 Å². The average Bonchev–Trinajstić information content (AvgIpc) is 2.98. The lowest BCUT2D eigenvalue weighted by Crippen LogP contribution is -2.33. The van der Waals surface area contributed by atoms with Crippen LogP contribution in [-0.4, -0.2) is 17.6 Å². The molecular formula is C20H19ClN2O2S2. The molecule has 0 fully saturated rings. The first kappa shape index (κ1) is 19.6. The highest BCUT2D eigenvalue weighted by Gasteiger charge is 2.18. The summed E-state index contributed by atoms with van der Waals surface area (Å²) in [6.45, 7) is 4.75. The van der Waals surface area contributed by atoms with Crippen molar-refractivity contribution in [3.63, 3.8) is 0 Å². The minimum atomic E-state index is -0.334. The van der Waals surface area contributed by atoms with Gasteiger partial charge in [0.2, 0.25) is 0 Å². The number of hydrogen-bond donors (Lipinski definition) is 2. The molecule has 0 spiro atoms. The number of thiocarbonyl (C=S) groups is 1. The predicted octanol–water partition coefficient (Wildman–Crippen LogP) is 5.72. The van der Waals surface area contributed by atoms with Crippen molar-refractivity contribution >= 4 is 61.9 Å². The van der Waals surface area contributed by atoms with E-state index in [1.165, 1.54) is 11.3 Å². The summed E-state index contributed by atoms with van der Waals surface area (Å²) in [4.78, 5) is 13.0. The van der Waals surface area contributed by atoms with Crippen molar-refractivity contribution in [1.29, 1.82) is 0 Å². The van der Waals surface area contributed by atoms with Gasteiger partial charge in [0.05, 0.1) is 17.3 Å².